The van der Waals surface area contributed by atoms with Crippen molar-refractivity contribution in [3.63, 3.8) is 0 Å². The van der Waals surface area contributed by atoms with Crippen LogP contribution in [0.4, 0.5) is 0 Å². The number of carbonyl (C=O) groups excluding carboxylic acids is 1. The predicted octanol–water partition coefficient (Wildman–Crippen LogP) is 9.17. The van der Waals surface area contributed by atoms with Gasteiger partial charge in [-0.15, -0.1) is 11.6 Å². The summed E-state index contributed by atoms with van der Waals surface area (Å²) in [6, 6.07) is 8.57. The van der Waals surface area contributed by atoms with Gasteiger partial charge in [0.15, 0.2) is 8.32 Å². The molecule has 2 rings (SSSR count). The molecule has 1 aromatic carbocycles. The Kier molecular flexibility index (Phi) is 13.2. The van der Waals surface area contributed by atoms with Crippen molar-refractivity contribution in [2.75, 3.05) is 0 Å². The van der Waals surface area contributed by atoms with E-state index in [1.165, 1.54) is 12.5 Å². The van der Waals surface area contributed by atoms with Crippen LogP contribution in [0.3, 0.4) is 0 Å². The number of aliphatic carboxylic acids is 1. The van der Waals surface area contributed by atoms with E-state index in [2.05, 4.69) is 77.2 Å². The highest BCUT2D eigenvalue weighted by Crippen LogP contribution is 2.49. The lowest BCUT2D eigenvalue weighted by atomic mass is 9.84. The Bertz CT molecular complexity index is 937. The van der Waals surface area contributed by atoms with Gasteiger partial charge in [0, 0.05) is 24.6 Å². The molecule has 0 bridgehead atoms. The Balaban J connectivity index is 2.31. The highest BCUT2D eigenvalue weighted by molar-refractivity contribution is 6.74. The van der Waals surface area contributed by atoms with Crippen molar-refractivity contribution in [3.05, 3.63) is 47.5 Å². The molecule has 1 saturated carbocycles. The second-order valence-electron chi connectivity index (χ2n) is 12.6. The molecule has 1 aromatic rings. The molecule has 0 aliphatic heterocycles. The number of hydrogen-bond donors (Lipinski definition) is 1. The number of alkyl halides is 1. The van der Waals surface area contributed by atoms with Crippen LogP contribution < -0.4 is 0 Å². The number of benzene rings is 1. The minimum absolute atomic E-state index is 0.00375. The van der Waals surface area contributed by atoms with Crippen molar-refractivity contribution < 1.29 is 23.9 Å². The molecule has 0 amide bonds. The molecule has 1 fully saturated rings. The zero-order valence-electron chi connectivity index (χ0n) is 25.2. The number of unbranched alkanes of at least 4 members (excludes halogenated alkanes) is 3. The lowest BCUT2D eigenvalue weighted by Crippen LogP contribution is -2.44. The number of rotatable bonds is 15. The average Bonchev–Trinajstić information content (AvgIpc) is 3.13. The van der Waals surface area contributed by atoms with E-state index in [0.29, 0.717) is 6.42 Å². The number of carboxylic acid groups (broad SMARTS) is 1. The Morgan fingerprint density at radius 2 is 1.79 bits per heavy atom. The van der Waals surface area contributed by atoms with Crippen LogP contribution in [-0.2, 0) is 18.8 Å². The van der Waals surface area contributed by atoms with Crippen molar-refractivity contribution >= 4 is 31.9 Å². The highest BCUT2D eigenvalue weighted by atomic mass is 35.5. The van der Waals surface area contributed by atoms with Gasteiger partial charge in [0.2, 0.25) is 0 Å². The summed E-state index contributed by atoms with van der Waals surface area (Å²) in [7, 11) is -2.02. The van der Waals surface area contributed by atoms with Gasteiger partial charge in [0.05, 0.1) is 6.10 Å². The van der Waals surface area contributed by atoms with Crippen LogP contribution >= 0.6 is 11.6 Å². The summed E-state index contributed by atoms with van der Waals surface area (Å²) in [6.45, 7) is 15.0. The first-order valence-corrected chi connectivity index (χ1v) is 18.1. The third-order valence-corrected chi connectivity index (χ3v) is 13.4. The zero-order chi connectivity index (χ0) is 29.2. The molecule has 0 spiro atoms. The monoisotopic (exact) mass is 578 g/mol. The minimum Gasteiger partial charge on any atom is -0.481 e. The molecule has 39 heavy (non-hydrogen) atoms. The largest absolute Gasteiger partial charge is 0.481 e. The van der Waals surface area contributed by atoms with Crippen LogP contribution in [0.5, 0.6) is 0 Å². The molecule has 5 nitrogen and oxygen atoms in total. The van der Waals surface area contributed by atoms with Crippen molar-refractivity contribution in [1.82, 2.24) is 0 Å². The number of hydrogen-bond acceptors (Lipinski definition) is 4. The third kappa shape index (κ3) is 10.4. The summed E-state index contributed by atoms with van der Waals surface area (Å²) in [5, 5.41) is 8.99. The summed E-state index contributed by atoms with van der Waals surface area (Å²) < 4.78 is 12.7. The standard InChI is InChI=1S/C32H51ClO5Si/c1-8-9-12-16-28(37-23(2)34)24-18-20-25(21-19-24)31-26(15-13-10-11-14-17-30(35)36)27(33)22-29(31)38-39(6,7)32(3,4)5/h10,13,18-21,26-29,31H,8-9,11-12,14-17,22H2,1-7H3,(H,35,36)/b13-10-/t26-,27+,28?,29+,31+/m0/s1. The van der Waals surface area contributed by atoms with E-state index in [0.717, 1.165) is 50.5 Å². The molecule has 0 saturated heterocycles. The SMILES string of the molecule is CCCCCC(OC(C)=O)c1ccc([C@@H]2[C@@H](C/C=C\CCCC(=O)O)[C@H](Cl)C[C@H]2O[Si](C)(C)C(C)(C)C)cc1. The lowest BCUT2D eigenvalue weighted by Gasteiger charge is -2.40. The maximum Gasteiger partial charge on any atom is 0.303 e. The predicted molar refractivity (Wildman–Crippen MR) is 163 cm³/mol. The van der Waals surface area contributed by atoms with Gasteiger partial charge >= 0.3 is 11.9 Å². The van der Waals surface area contributed by atoms with Crippen molar-refractivity contribution in [2.45, 2.75) is 134 Å². The Hall–Kier alpha value is -1.63. The van der Waals surface area contributed by atoms with E-state index in [9.17, 15) is 9.59 Å². The second-order valence-corrected chi connectivity index (χ2v) is 17.9. The van der Waals surface area contributed by atoms with E-state index in [4.69, 9.17) is 25.9 Å². The van der Waals surface area contributed by atoms with Gasteiger partial charge in [-0.2, -0.15) is 0 Å². The zero-order valence-corrected chi connectivity index (χ0v) is 26.9. The Labute approximate surface area is 242 Å². The van der Waals surface area contributed by atoms with E-state index < -0.39 is 14.3 Å². The smallest absolute Gasteiger partial charge is 0.303 e. The van der Waals surface area contributed by atoms with Gasteiger partial charge in [-0.3, -0.25) is 9.59 Å². The lowest BCUT2D eigenvalue weighted by molar-refractivity contribution is -0.147. The van der Waals surface area contributed by atoms with Crippen molar-refractivity contribution in [1.29, 1.82) is 0 Å². The quantitative estimate of drug-likeness (QED) is 0.0738. The third-order valence-electron chi connectivity index (χ3n) is 8.44. The molecule has 7 heteroatoms. The molecule has 0 radical (unpaired) electrons. The summed E-state index contributed by atoms with van der Waals surface area (Å²) in [5.74, 6) is -0.627. The van der Waals surface area contributed by atoms with Crippen LogP contribution in [0.1, 0.15) is 116 Å². The van der Waals surface area contributed by atoms with Crippen LogP contribution in [0.15, 0.2) is 36.4 Å². The summed E-state index contributed by atoms with van der Waals surface area (Å²) in [5.41, 5.74) is 2.24. The molecule has 0 heterocycles. The molecule has 1 N–H and O–H groups in total. The maximum atomic E-state index is 11.8. The molecule has 220 valence electrons. The molecule has 1 unspecified atom stereocenters. The highest BCUT2D eigenvalue weighted by Gasteiger charge is 2.48. The topological polar surface area (TPSA) is 72.8 Å². The molecular formula is C32H51ClO5Si. The molecule has 0 aromatic heterocycles. The average molecular weight is 579 g/mol. The number of carbonyl (C=O) groups is 2. The van der Waals surface area contributed by atoms with Crippen LogP contribution in [0.25, 0.3) is 0 Å². The molecular weight excluding hydrogens is 528 g/mol. The fourth-order valence-electron chi connectivity index (χ4n) is 5.23. The Morgan fingerprint density at radius 1 is 1.13 bits per heavy atom. The number of halogens is 1. The maximum absolute atomic E-state index is 11.8. The fraction of sp³-hybridized carbons (Fsp3) is 0.688. The number of allylic oxidation sites excluding steroid dienone is 2. The molecule has 5 atom stereocenters. The van der Waals surface area contributed by atoms with Crippen LogP contribution in [0.2, 0.25) is 18.1 Å². The van der Waals surface area contributed by atoms with E-state index >= 15 is 0 Å². The van der Waals surface area contributed by atoms with Crippen molar-refractivity contribution in [2.24, 2.45) is 5.92 Å². The van der Waals surface area contributed by atoms with Gasteiger partial charge in [0.1, 0.15) is 6.10 Å². The fourth-order valence-corrected chi connectivity index (χ4v) is 7.01. The van der Waals surface area contributed by atoms with Gasteiger partial charge in [-0.25, -0.2) is 0 Å². The van der Waals surface area contributed by atoms with E-state index in [1.54, 1.807) is 0 Å². The summed E-state index contributed by atoms with van der Waals surface area (Å²) in [4.78, 5) is 22.6. The first kappa shape index (κ1) is 33.6. The Morgan fingerprint density at radius 3 is 2.36 bits per heavy atom. The van der Waals surface area contributed by atoms with Crippen molar-refractivity contribution in [3.8, 4) is 0 Å². The van der Waals surface area contributed by atoms with Gasteiger partial charge < -0.3 is 14.3 Å². The van der Waals surface area contributed by atoms with E-state index in [1.807, 2.05) is 0 Å². The molecule has 1 aliphatic carbocycles. The first-order chi connectivity index (χ1) is 18.3. The number of carboxylic acids is 1. The van der Waals surface area contributed by atoms with E-state index in [-0.39, 0.29) is 46.8 Å². The normalized spacial score (nSPS) is 22.8. The van der Waals surface area contributed by atoms with Crippen LogP contribution in [-0.4, -0.2) is 36.8 Å². The number of ether oxygens (including phenoxy) is 1. The minimum atomic E-state index is -2.02. The second kappa shape index (κ2) is 15.4. The van der Waals surface area contributed by atoms with Gasteiger partial charge in [0.25, 0.3) is 0 Å². The van der Waals surface area contributed by atoms with Gasteiger partial charge in [-0.1, -0.05) is 77.0 Å². The summed E-state index contributed by atoms with van der Waals surface area (Å²) >= 11 is 7.02. The van der Waals surface area contributed by atoms with Crippen LogP contribution in [0, 0.1) is 5.92 Å². The summed E-state index contributed by atoms with van der Waals surface area (Å²) in [6.07, 6.45) is 11.4. The number of esters is 1. The first-order valence-electron chi connectivity index (χ1n) is 14.7. The molecule has 1 aliphatic rings. The van der Waals surface area contributed by atoms with Gasteiger partial charge in [-0.05, 0) is 73.7 Å².